The smallest absolute Gasteiger partial charge is 0.247 e. The Bertz CT molecular complexity index is 1350. The molecule has 0 saturated heterocycles. The van der Waals surface area contributed by atoms with Gasteiger partial charge in [0.1, 0.15) is 29.6 Å². The molecule has 0 aliphatic heterocycles. The van der Waals surface area contributed by atoms with E-state index in [4.69, 9.17) is 4.74 Å². The van der Waals surface area contributed by atoms with E-state index in [1.807, 2.05) is 6.20 Å². The van der Waals surface area contributed by atoms with Crippen LogP contribution in [0, 0.1) is 11.3 Å². The van der Waals surface area contributed by atoms with Crippen LogP contribution in [-0.4, -0.2) is 32.0 Å². The summed E-state index contributed by atoms with van der Waals surface area (Å²) < 4.78 is 23.4. The minimum atomic E-state index is -0.968. The van der Waals surface area contributed by atoms with Gasteiger partial charge < -0.3 is 10.1 Å². The van der Waals surface area contributed by atoms with Crippen molar-refractivity contribution >= 4 is 17.1 Å². The van der Waals surface area contributed by atoms with E-state index >= 15 is 0 Å². The zero-order chi connectivity index (χ0) is 22.7. The van der Waals surface area contributed by atoms with Crippen LogP contribution in [0.5, 0.6) is 5.75 Å². The molecule has 4 rings (SSSR count). The van der Waals surface area contributed by atoms with Gasteiger partial charge in [-0.15, -0.1) is 0 Å². The minimum absolute atomic E-state index is 0.308. The number of nitriles is 1. The second-order valence-corrected chi connectivity index (χ2v) is 7.04. The maximum Gasteiger partial charge on any atom is 0.247 e. The van der Waals surface area contributed by atoms with Crippen molar-refractivity contribution in [2.24, 2.45) is 7.05 Å². The number of rotatable bonds is 7. The molecule has 9 heteroatoms. The summed E-state index contributed by atoms with van der Waals surface area (Å²) in [4.78, 5) is 11.6. The third-order valence-corrected chi connectivity index (χ3v) is 4.86. The predicted molar refractivity (Wildman–Crippen MR) is 117 cm³/mol. The lowest BCUT2D eigenvalue weighted by Gasteiger charge is -2.19. The summed E-state index contributed by atoms with van der Waals surface area (Å²) >= 11 is 0. The first kappa shape index (κ1) is 20.8. The highest BCUT2D eigenvalue weighted by Gasteiger charge is 2.20. The quantitative estimate of drug-likeness (QED) is 0.450. The number of ether oxygens (including phenoxy) is 1. The van der Waals surface area contributed by atoms with E-state index in [0.29, 0.717) is 28.1 Å². The van der Waals surface area contributed by atoms with Crippen LogP contribution >= 0.6 is 0 Å². The summed E-state index contributed by atoms with van der Waals surface area (Å²) in [6.45, 7) is 2.60. The molecule has 1 N–H and O–H groups in total. The second-order valence-electron chi connectivity index (χ2n) is 7.04. The van der Waals surface area contributed by atoms with Gasteiger partial charge in [-0.3, -0.25) is 9.48 Å². The number of fused-ring (bicyclic) bond motifs is 1. The number of amides is 1. The number of aromatic nitrogens is 4. The van der Waals surface area contributed by atoms with Crippen molar-refractivity contribution in [2.75, 3.05) is 12.0 Å². The van der Waals surface area contributed by atoms with E-state index < -0.39 is 12.8 Å². The van der Waals surface area contributed by atoms with Gasteiger partial charge in [-0.1, -0.05) is 18.7 Å². The Kier molecular flexibility index (Phi) is 5.68. The minimum Gasteiger partial charge on any atom is -0.481 e. The average molecular weight is 430 g/mol. The van der Waals surface area contributed by atoms with Crippen molar-refractivity contribution in [1.82, 2.24) is 19.4 Å². The molecular formula is C23H19FN6O2. The molecule has 0 spiro atoms. The van der Waals surface area contributed by atoms with E-state index in [2.05, 4.69) is 28.2 Å². The van der Waals surface area contributed by atoms with Crippen molar-refractivity contribution in [1.29, 1.82) is 5.26 Å². The lowest BCUT2D eigenvalue weighted by molar-refractivity contribution is -0.111. The fourth-order valence-electron chi connectivity index (χ4n) is 3.34. The van der Waals surface area contributed by atoms with Crippen LogP contribution in [0.4, 0.5) is 10.1 Å². The summed E-state index contributed by atoms with van der Waals surface area (Å²) in [6, 6.07) is 10.6. The van der Waals surface area contributed by atoms with Crippen molar-refractivity contribution in [2.45, 2.75) is 6.10 Å². The fourth-order valence-corrected chi connectivity index (χ4v) is 3.34. The molecule has 1 amide bonds. The Morgan fingerprint density at radius 1 is 1.31 bits per heavy atom. The molecule has 0 bridgehead atoms. The molecule has 3 heterocycles. The Hall–Kier alpha value is -4.45. The highest BCUT2D eigenvalue weighted by Crippen LogP contribution is 2.33. The van der Waals surface area contributed by atoms with Gasteiger partial charge in [0.25, 0.3) is 0 Å². The predicted octanol–water partition coefficient (Wildman–Crippen LogP) is 3.82. The Labute approximate surface area is 183 Å². The van der Waals surface area contributed by atoms with Gasteiger partial charge in [-0.2, -0.15) is 15.5 Å². The Morgan fingerprint density at radius 2 is 2.16 bits per heavy atom. The number of halogens is 1. The van der Waals surface area contributed by atoms with E-state index in [-0.39, 0.29) is 5.91 Å². The standard InChI is InChI=1S/C23H19FN6O2/c1-3-22(31)28-19-6-4-5-15(7-19)21(9-24)32-20-8-16(18-12-26-29(2)13-18)14-30-23(20)17(10-25)11-27-30/h3-8,11-14,21H,1,9H2,2H3,(H,28,31)/t21-/m1/s1. The topological polar surface area (TPSA) is 97.2 Å². The Balaban J connectivity index is 1.75. The van der Waals surface area contributed by atoms with Gasteiger partial charge in [-0.05, 0) is 29.8 Å². The van der Waals surface area contributed by atoms with Crippen LogP contribution in [0.25, 0.3) is 16.6 Å². The molecule has 8 nitrogen and oxygen atoms in total. The highest BCUT2D eigenvalue weighted by atomic mass is 19.1. The molecule has 0 saturated carbocycles. The molecule has 0 aliphatic carbocycles. The number of nitrogens with one attached hydrogen (secondary N) is 1. The first-order chi connectivity index (χ1) is 15.5. The maximum atomic E-state index is 14.1. The summed E-state index contributed by atoms with van der Waals surface area (Å²) in [7, 11) is 1.80. The normalized spacial score (nSPS) is 11.7. The molecule has 0 aliphatic rings. The van der Waals surface area contributed by atoms with Crippen molar-refractivity contribution in [3.63, 3.8) is 0 Å². The monoisotopic (exact) mass is 430 g/mol. The number of carbonyl (C=O) groups excluding carboxylic acids is 1. The molecule has 0 unspecified atom stereocenters. The third-order valence-electron chi connectivity index (χ3n) is 4.86. The lowest BCUT2D eigenvalue weighted by atomic mass is 10.1. The number of aryl methyl sites for hydroxylation is 1. The number of carbonyl (C=O) groups is 1. The number of nitrogens with zero attached hydrogens (tertiary/aromatic N) is 5. The number of anilines is 1. The molecule has 1 atom stereocenters. The molecule has 0 radical (unpaired) electrons. The molecular weight excluding hydrogens is 411 g/mol. The molecule has 0 fully saturated rings. The molecule has 1 aromatic carbocycles. The van der Waals surface area contributed by atoms with Gasteiger partial charge >= 0.3 is 0 Å². The number of alkyl halides is 1. The van der Waals surface area contributed by atoms with Crippen molar-refractivity contribution in [3.8, 4) is 22.9 Å². The highest BCUT2D eigenvalue weighted by molar-refractivity contribution is 5.98. The number of pyridine rings is 1. The largest absolute Gasteiger partial charge is 0.481 e. The molecule has 4 aromatic rings. The Morgan fingerprint density at radius 3 is 2.84 bits per heavy atom. The van der Waals surface area contributed by atoms with Crippen LogP contribution in [-0.2, 0) is 11.8 Å². The van der Waals surface area contributed by atoms with Crippen molar-refractivity contribution in [3.05, 3.63) is 78.9 Å². The maximum absolute atomic E-state index is 14.1. The summed E-state index contributed by atoms with van der Waals surface area (Å²) in [5, 5.41) is 20.6. The van der Waals surface area contributed by atoms with Crippen LogP contribution in [0.3, 0.4) is 0 Å². The third kappa shape index (κ3) is 4.06. The molecule has 160 valence electrons. The van der Waals surface area contributed by atoms with E-state index in [0.717, 1.165) is 17.2 Å². The average Bonchev–Trinajstić information content (AvgIpc) is 3.43. The van der Waals surface area contributed by atoms with Crippen LogP contribution in [0.15, 0.2) is 67.8 Å². The number of hydrogen-bond acceptors (Lipinski definition) is 5. The van der Waals surface area contributed by atoms with E-state index in [1.54, 1.807) is 54.5 Å². The number of benzene rings is 1. The van der Waals surface area contributed by atoms with E-state index in [9.17, 15) is 14.4 Å². The van der Waals surface area contributed by atoms with Crippen LogP contribution < -0.4 is 10.1 Å². The summed E-state index contributed by atoms with van der Waals surface area (Å²) in [5.74, 6) is -0.0627. The fraction of sp³-hybridized carbons (Fsp3) is 0.130. The van der Waals surface area contributed by atoms with Gasteiger partial charge in [0, 0.05) is 36.3 Å². The van der Waals surface area contributed by atoms with Crippen molar-refractivity contribution < 1.29 is 13.9 Å². The first-order valence-electron chi connectivity index (χ1n) is 9.69. The van der Waals surface area contributed by atoms with E-state index in [1.165, 1.54) is 10.7 Å². The molecule has 32 heavy (non-hydrogen) atoms. The first-order valence-corrected chi connectivity index (χ1v) is 9.69. The van der Waals surface area contributed by atoms with Crippen LogP contribution in [0.1, 0.15) is 17.2 Å². The van der Waals surface area contributed by atoms with Gasteiger partial charge in [-0.25, -0.2) is 8.91 Å². The zero-order valence-corrected chi connectivity index (χ0v) is 17.2. The second kappa shape index (κ2) is 8.73. The molecule has 3 aromatic heterocycles. The zero-order valence-electron chi connectivity index (χ0n) is 17.2. The lowest BCUT2D eigenvalue weighted by Crippen LogP contribution is -2.12. The SMILES string of the molecule is C=CC(=O)Nc1cccc([C@@H](CF)Oc2cc(-c3cnn(C)c3)cn3ncc(C#N)c23)c1. The summed E-state index contributed by atoms with van der Waals surface area (Å²) in [5.41, 5.74) is 3.33. The number of hydrogen-bond donors (Lipinski definition) is 1. The van der Waals surface area contributed by atoms with Gasteiger partial charge in [0.05, 0.1) is 12.4 Å². The van der Waals surface area contributed by atoms with Gasteiger partial charge in [0.2, 0.25) is 5.91 Å². The van der Waals surface area contributed by atoms with Crippen LogP contribution in [0.2, 0.25) is 0 Å². The summed E-state index contributed by atoms with van der Waals surface area (Å²) in [6.07, 6.45) is 6.90. The van der Waals surface area contributed by atoms with Gasteiger partial charge in [0.15, 0.2) is 6.10 Å².